The normalized spacial score (nSPS) is 17.8. The minimum atomic E-state index is -0.0239. The minimum absolute atomic E-state index is 0.0239. The zero-order valence-electron chi connectivity index (χ0n) is 15.6. The quantitative estimate of drug-likeness (QED) is 0.829. The van der Waals surface area contributed by atoms with Crippen LogP contribution in [0.1, 0.15) is 42.2 Å². The molecule has 0 radical (unpaired) electrons. The first-order chi connectivity index (χ1) is 12.7. The summed E-state index contributed by atoms with van der Waals surface area (Å²) in [5.41, 5.74) is 1.88. The molecule has 1 aromatic carbocycles. The van der Waals surface area contributed by atoms with Crippen LogP contribution in [0, 0.1) is 0 Å². The van der Waals surface area contributed by atoms with Gasteiger partial charge in [0.15, 0.2) is 0 Å². The zero-order valence-corrected chi connectivity index (χ0v) is 15.6. The van der Waals surface area contributed by atoms with Crippen molar-refractivity contribution in [3.05, 3.63) is 47.8 Å². The van der Waals surface area contributed by atoms with Crippen molar-refractivity contribution in [2.45, 2.75) is 45.3 Å². The lowest BCUT2D eigenvalue weighted by molar-refractivity contribution is 0.0889. The van der Waals surface area contributed by atoms with E-state index in [1.165, 1.54) is 5.56 Å². The summed E-state index contributed by atoms with van der Waals surface area (Å²) in [5, 5.41) is 7.43. The van der Waals surface area contributed by atoms with Crippen LogP contribution in [0.5, 0.6) is 5.75 Å². The number of ether oxygens (including phenoxy) is 1. The molecule has 1 N–H and O–H groups in total. The summed E-state index contributed by atoms with van der Waals surface area (Å²) in [6.45, 7) is 5.64. The molecule has 0 spiro atoms. The molecule has 2 aromatic rings. The number of nitrogens with one attached hydrogen (secondary N) is 1. The monoisotopic (exact) mass is 356 g/mol. The summed E-state index contributed by atoms with van der Waals surface area (Å²) in [6.07, 6.45) is 4.76. The summed E-state index contributed by atoms with van der Waals surface area (Å²) in [4.78, 5) is 15.0. The van der Waals surface area contributed by atoms with Crippen LogP contribution in [0.25, 0.3) is 0 Å². The van der Waals surface area contributed by atoms with E-state index in [1.54, 1.807) is 24.1 Å². The smallest absolute Gasteiger partial charge is 0.269 e. The van der Waals surface area contributed by atoms with Crippen LogP contribution in [-0.4, -0.2) is 46.8 Å². The number of nitrogens with zero attached hydrogens (tertiary/aromatic N) is 3. The van der Waals surface area contributed by atoms with Gasteiger partial charge < -0.3 is 10.1 Å². The topological polar surface area (TPSA) is 59.4 Å². The van der Waals surface area contributed by atoms with Gasteiger partial charge in [0.1, 0.15) is 11.4 Å². The fourth-order valence-corrected chi connectivity index (χ4v) is 3.52. The number of carbonyl (C=O) groups excluding carboxylic acids is 1. The number of rotatable bonds is 7. The van der Waals surface area contributed by atoms with Crippen molar-refractivity contribution >= 4 is 5.91 Å². The Kier molecular flexibility index (Phi) is 6.28. The van der Waals surface area contributed by atoms with E-state index >= 15 is 0 Å². The number of carbonyl (C=O) groups is 1. The van der Waals surface area contributed by atoms with Gasteiger partial charge in [-0.2, -0.15) is 5.10 Å². The van der Waals surface area contributed by atoms with Gasteiger partial charge >= 0.3 is 0 Å². The van der Waals surface area contributed by atoms with Crippen molar-refractivity contribution in [1.29, 1.82) is 0 Å². The average Bonchev–Trinajstić information content (AvgIpc) is 3.11. The van der Waals surface area contributed by atoms with Crippen LogP contribution >= 0.6 is 0 Å². The number of piperidine rings is 1. The molecule has 1 atom stereocenters. The van der Waals surface area contributed by atoms with Crippen molar-refractivity contribution in [1.82, 2.24) is 20.0 Å². The van der Waals surface area contributed by atoms with Crippen LogP contribution in [-0.2, 0) is 13.1 Å². The first-order valence-corrected chi connectivity index (χ1v) is 9.37. The predicted molar refractivity (Wildman–Crippen MR) is 101 cm³/mol. The highest BCUT2D eigenvalue weighted by molar-refractivity contribution is 5.92. The molecule has 3 rings (SSSR count). The van der Waals surface area contributed by atoms with Crippen LogP contribution in [0.4, 0.5) is 0 Å². The first kappa shape index (κ1) is 18.5. The molecule has 140 valence electrons. The molecule has 2 heterocycles. The second-order valence-corrected chi connectivity index (χ2v) is 6.84. The van der Waals surface area contributed by atoms with Gasteiger partial charge in [-0.25, -0.2) is 0 Å². The number of aromatic nitrogens is 2. The van der Waals surface area contributed by atoms with Gasteiger partial charge in [-0.15, -0.1) is 0 Å². The summed E-state index contributed by atoms with van der Waals surface area (Å²) in [5.74, 6) is 0.859. The average molecular weight is 356 g/mol. The number of methoxy groups -OCH3 is 1. The molecule has 1 saturated heterocycles. The van der Waals surface area contributed by atoms with Crippen LogP contribution in [0.15, 0.2) is 36.5 Å². The van der Waals surface area contributed by atoms with Gasteiger partial charge in [-0.3, -0.25) is 14.4 Å². The largest absolute Gasteiger partial charge is 0.497 e. The van der Waals surface area contributed by atoms with Crippen molar-refractivity contribution in [3.8, 4) is 5.75 Å². The molecule has 1 aliphatic heterocycles. The van der Waals surface area contributed by atoms with Crippen LogP contribution in [0.3, 0.4) is 0 Å². The lowest BCUT2D eigenvalue weighted by atomic mass is 10.0. The Labute approximate surface area is 155 Å². The predicted octanol–water partition coefficient (Wildman–Crippen LogP) is 2.70. The maximum Gasteiger partial charge on any atom is 0.269 e. The maximum atomic E-state index is 12.6. The van der Waals surface area contributed by atoms with Gasteiger partial charge in [0.25, 0.3) is 5.91 Å². The summed E-state index contributed by atoms with van der Waals surface area (Å²) < 4.78 is 7.09. The van der Waals surface area contributed by atoms with Gasteiger partial charge in [0.05, 0.1) is 7.11 Å². The van der Waals surface area contributed by atoms with E-state index in [0.29, 0.717) is 5.69 Å². The maximum absolute atomic E-state index is 12.6. The molecule has 6 heteroatoms. The van der Waals surface area contributed by atoms with Crippen molar-refractivity contribution in [3.63, 3.8) is 0 Å². The number of hydrogen-bond acceptors (Lipinski definition) is 4. The molecule has 1 fully saturated rings. The lowest BCUT2D eigenvalue weighted by Gasteiger charge is -2.33. The van der Waals surface area contributed by atoms with Crippen molar-refractivity contribution < 1.29 is 9.53 Å². The van der Waals surface area contributed by atoms with Crippen molar-refractivity contribution in [2.75, 3.05) is 20.2 Å². The minimum Gasteiger partial charge on any atom is -0.497 e. The number of aryl methyl sites for hydroxylation is 1. The van der Waals surface area contributed by atoms with Crippen molar-refractivity contribution in [2.24, 2.45) is 0 Å². The number of likely N-dealkylation sites (tertiary alicyclic amines) is 1. The lowest BCUT2D eigenvalue weighted by Crippen LogP contribution is -2.47. The standard InChI is InChI=1S/C20H28N4O2/c1-3-11-24-19(9-10-21-24)20(25)22-17-7-5-12-23(15-17)14-16-6-4-8-18(13-16)26-2/h4,6,8-10,13,17H,3,5,7,11-12,14-15H2,1-2H3,(H,22,25)/t17-/m0/s1. The third-order valence-electron chi connectivity index (χ3n) is 4.77. The summed E-state index contributed by atoms with van der Waals surface area (Å²) in [6, 6.07) is 10.1. The van der Waals surface area contributed by atoms with E-state index in [0.717, 1.165) is 51.2 Å². The number of benzene rings is 1. The molecular weight excluding hydrogens is 328 g/mol. The van der Waals surface area contributed by atoms with Gasteiger partial charge in [0, 0.05) is 31.9 Å². The molecule has 1 aromatic heterocycles. The van der Waals surface area contributed by atoms with Gasteiger partial charge in [-0.05, 0) is 49.6 Å². The fourth-order valence-electron chi connectivity index (χ4n) is 3.52. The number of hydrogen-bond donors (Lipinski definition) is 1. The Bertz CT molecular complexity index is 728. The SMILES string of the molecule is CCCn1nccc1C(=O)N[C@H]1CCCN(Cc2cccc(OC)c2)C1. The van der Waals surface area contributed by atoms with E-state index in [-0.39, 0.29) is 11.9 Å². The molecule has 26 heavy (non-hydrogen) atoms. The van der Waals surface area contributed by atoms with Gasteiger partial charge in [0.2, 0.25) is 0 Å². The third-order valence-corrected chi connectivity index (χ3v) is 4.77. The molecular formula is C20H28N4O2. The molecule has 1 aliphatic rings. The van der Waals surface area contributed by atoms with E-state index in [4.69, 9.17) is 4.74 Å². The molecule has 6 nitrogen and oxygen atoms in total. The Hall–Kier alpha value is -2.34. The van der Waals surface area contributed by atoms with E-state index in [1.807, 2.05) is 12.1 Å². The third kappa shape index (κ3) is 4.64. The Morgan fingerprint density at radius 1 is 1.38 bits per heavy atom. The van der Waals surface area contributed by atoms with E-state index < -0.39 is 0 Å². The number of amides is 1. The molecule has 0 bridgehead atoms. The van der Waals surface area contributed by atoms with Crippen LogP contribution < -0.4 is 10.1 Å². The Morgan fingerprint density at radius 2 is 2.27 bits per heavy atom. The Morgan fingerprint density at radius 3 is 3.08 bits per heavy atom. The molecule has 0 aliphatic carbocycles. The fraction of sp³-hybridized carbons (Fsp3) is 0.500. The molecule has 1 amide bonds. The zero-order chi connectivity index (χ0) is 18.4. The second-order valence-electron chi connectivity index (χ2n) is 6.84. The van der Waals surface area contributed by atoms with Crippen LogP contribution in [0.2, 0.25) is 0 Å². The molecule has 0 unspecified atom stereocenters. The van der Waals surface area contributed by atoms with E-state index in [2.05, 4.69) is 34.4 Å². The second kappa shape index (κ2) is 8.85. The summed E-state index contributed by atoms with van der Waals surface area (Å²) >= 11 is 0. The van der Waals surface area contributed by atoms with E-state index in [9.17, 15) is 4.79 Å². The highest BCUT2D eigenvalue weighted by atomic mass is 16.5. The summed E-state index contributed by atoms with van der Waals surface area (Å²) in [7, 11) is 1.69. The highest BCUT2D eigenvalue weighted by Crippen LogP contribution is 2.18. The molecule has 0 saturated carbocycles. The Balaban J connectivity index is 1.57. The first-order valence-electron chi connectivity index (χ1n) is 9.37. The highest BCUT2D eigenvalue weighted by Gasteiger charge is 2.23. The van der Waals surface area contributed by atoms with Gasteiger partial charge in [-0.1, -0.05) is 19.1 Å².